The third kappa shape index (κ3) is 3.06. The Balaban J connectivity index is 1.58. The van der Waals surface area contributed by atoms with E-state index in [0.29, 0.717) is 29.5 Å². The number of pyridine rings is 1. The number of rotatable bonds is 3. The van der Waals surface area contributed by atoms with Crippen LogP contribution in [0.3, 0.4) is 0 Å². The lowest BCUT2D eigenvalue weighted by atomic mass is 10.1. The van der Waals surface area contributed by atoms with Gasteiger partial charge in [0, 0.05) is 29.2 Å². The Bertz CT molecular complexity index is 956. The number of fused-ring (bicyclic) bond motifs is 2. The number of benzene rings is 2. The minimum Gasteiger partial charge on any atom is -0.490 e. The van der Waals surface area contributed by atoms with Gasteiger partial charge in [0.25, 0.3) is 5.91 Å². The highest BCUT2D eigenvalue weighted by Gasteiger charge is 2.14. The number of ether oxygens (including phenoxy) is 2. The maximum Gasteiger partial charge on any atom is 0.255 e. The number of amides is 1. The molecule has 0 saturated heterocycles. The molecule has 1 aliphatic heterocycles. The van der Waals surface area contributed by atoms with Crippen molar-refractivity contribution in [3.05, 3.63) is 54.1 Å². The van der Waals surface area contributed by atoms with Crippen LogP contribution in [-0.4, -0.2) is 31.2 Å². The first-order valence-corrected chi connectivity index (χ1v) is 8.00. The Morgan fingerprint density at radius 1 is 1.20 bits per heavy atom. The van der Waals surface area contributed by atoms with Crippen LogP contribution in [0.1, 0.15) is 10.4 Å². The minimum absolute atomic E-state index is 0.195. The molecule has 0 spiro atoms. The summed E-state index contributed by atoms with van der Waals surface area (Å²) in [5.41, 5.74) is 2.89. The summed E-state index contributed by atoms with van der Waals surface area (Å²) in [6.07, 6.45) is 0. The molecule has 0 aliphatic carbocycles. The number of aromatic nitrogens is 1. The normalized spacial score (nSPS) is 12.7. The molecule has 1 amide bonds. The average Bonchev–Trinajstić information content (AvgIpc) is 2.67. The second kappa shape index (κ2) is 6.32. The van der Waals surface area contributed by atoms with E-state index in [1.165, 1.54) is 0 Å². The van der Waals surface area contributed by atoms with Gasteiger partial charge in [-0.15, -0.1) is 0 Å². The third-order valence-corrected chi connectivity index (χ3v) is 4.05. The maximum absolute atomic E-state index is 12.5. The van der Waals surface area contributed by atoms with Crippen molar-refractivity contribution < 1.29 is 14.3 Å². The van der Waals surface area contributed by atoms with E-state index >= 15 is 0 Å². The topological polar surface area (TPSA) is 72.5 Å². The van der Waals surface area contributed by atoms with Gasteiger partial charge in [0.1, 0.15) is 12.4 Å². The van der Waals surface area contributed by atoms with E-state index in [4.69, 9.17) is 9.47 Å². The smallest absolute Gasteiger partial charge is 0.255 e. The fourth-order valence-electron chi connectivity index (χ4n) is 2.77. The molecule has 6 nitrogen and oxygen atoms in total. The standard InChI is InChI=1S/C19H17N3O3/c1-24-18-7-4-12-2-5-14(11-16(12)22-18)21-19(23)13-3-6-15-17(10-13)25-9-8-20-15/h2-7,10-11,20H,8-9H2,1H3,(H,21,23). The van der Waals surface area contributed by atoms with Gasteiger partial charge < -0.3 is 20.1 Å². The van der Waals surface area contributed by atoms with Gasteiger partial charge in [-0.1, -0.05) is 6.07 Å². The first kappa shape index (κ1) is 15.3. The van der Waals surface area contributed by atoms with Crippen LogP contribution in [0.4, 0.5) is 11.4 Å². The molecule has 0 fully saturated rings. The van der Waals surface area contributed by atoms with Gasteiger partial charge >= 0.3 is 0 Å². The van der Waals surface area contributed by atoms with Gasteiger partial charge in [0.2, 0.25) is 5.88 Å². The summed E-state index contributed by atoms with van der Waals surface area (Å²) >= 11 is 0. The molecule has 2 heterocycles. The Labute approximate surface area is 144 Å². The molecule has 0 unspecified atom stereocenters. The van der Waals surface area contributed by atoms with E-state index in [1.54, 1.807) is 19.2 Å². The van der Waals surface area contributed by atoms with Crippen molar-refractivity contribution in [3.8, 4) is 11.6 Å². The molecular weight excluding hydrogens is 318 g/mol. The van der Waals surface area contributed by atoms with Crippen LogP contribution in [0, 0.1) is 0 Å². The van der Waals surface area contributed by atoms with Crippen LogP contribution in [0.15, 0.2) is 48.5 Å². The Morgan fingerprint density at radius 2 is 2.08 bits per heavy atom. The van der Waals surface area contributed by atoms with Gasteiger partial charge in [-0.25, -0.2) is 4.98 Å². The quantitative estimate of drug-likeness (QED) is 0.768. The van der Waals surface area contributed by atoms with Gasteiger partial charge in [0.15, 0.2) is 0 Å². The van der Waals surface area contributed by atoms with Crippen molar-refractivity contribution >= 4 is 28.2 Å². The molecule has 25 heavy (non-hydrogen) atoms. The van der Waals surface area contributed by atoms with E-state index in [9.17, 15) is 4.79 Å². The van der Waals surface area contributed by atoms with Crippen LogP contribution in [-0.2, 0) is 0 Å². The molecule has 0 saturated carbocycles. The largest absolute Gasteiger partial charge is 0.490 e. The average molecular weight is 335 g/mol. The fraction of sp³-hybridized carbons (Fsp3) is 0.158. The summed E-state index contributed by atoms with van der Waals surface area (Å²) in [6.45, 7) is 1.36. The molecule has 4 rings (SSSR count). The molecule has 1 aliphatic rings. The summed E-state index contributed by atoms with van der Waals surface area (Å²) in [5, 5.41) is 7.11. The zero-order chi connectivity index (χ0) is 17.2. The maximum atomic E-state index is 12.5. The number of hydrogen-bond acceptors (Lipinski definition) is 5. The van der Waals surface area contributed by atoms with Crippen molar-refractivity contribution in [1.82, 2.24) is 4.98 Å². The van der Waals surface area contributed by atoms with E-state index in [0.717, 1.165) is 23.1 Å². The first-order valence-electron chi connectivity index (χ1n) is 8.00. The first-order chi connectivity index (χ1) is 12.2. The molecule has 1 aromatic heterocycles. The summed E-state index contributed by atoms with van der Waals surface area (Å²) in [6, 6.07) is 14.7. The molecule has 2 aromatic carbocycles. The molecule has 126 valence electrons. The van der Waals surface area contributed by atoms with Crippen molar-refractivity contribution in [2.45, 2.75) is 0 Å². The Morgan fingerprint density at radius 3 is 2.96 bits per heavy atom. The molecular formula is C19H17N3O3. The summed E-state index contributed by atoms with van der Waals surface area (Å²) in [5.74, 6) is 1.04. The van der Waals surface area contributed by atoms with Crippen molar-refractivity contribution in [2.24, 2.45) is 0 Å². The van der Waals surface area contributed by atoms with Gasteiger partial charge in [-0.3, -0.25) is 4.79 Å². The van der Waals surface area contributed by atoms with Crippen molar-refractivity contribution in [3.63, 3.8) is 0 Å². The van der Waals surface area contributed by atoms with E-state index in [1.807, 2.05) is 36.4 Å². The monoisotopic (exact) mass is 335 g/mol. The van der Waals surface area contributed by atoms with E-state index in [-0.39, 0.29) is 5.91 Å². The zero-order valence-corrected chi connectivity index (χ0v) is 13.7. The van der Waals surface area contributed by atoms with Crippen LogP contribution >= 0.6 is 0 Å². The number of nitrogens with one attached hydrogen (secondary N) is 2. The lowest BCUT2D eigenvalue weighted by molar-refractivity contribution is 0.102. The highest BCUT2D eigenvalue weighted by atomic mass is 16.5. The van der Waals surface area contributed by atoms with Crippen molar-refractivity contribution in [1.29, 1.82) is 0 Å². The molecule has 6 heteroatoms. The highest BCUT2D eigenvalue weighted by Crippen LogP contribution is 2.28. The number of carbonyl (C=O) groups excluding carboxylic acids is 1. The molecule has 0 atom stereocenters. The molecule has 2 N–H and O–H groups in total. The molecule has 0 bridgehead atoms. The Hall–Kier alpha value is -3.28. The lowest BCUT2D eigenvalue weighted by Crippen LogP contribution is -2.19. The number of carbonyl (C=O) groups is 1. The second-order valence-electron chi connectivity index (χ2n) is 5.70. The van der Waals surface area contributed by atoms with Gasteiger partial charge in [-0.05, 0) is 36.4 Å². The summed E-state index contributed by atoms with van der Waals surface area (Å²) in [4.78, 5) is 16.9. The van der Waals surface area contributed by atoms with E-state index in [2.05, 4.69) is 15.6 Å². The van der Waals surface area contributed by atoms with E-state index < -0.39 is 0 Å². The minimum atomic E-state index is -0.195. The highest BCUT2D eigenvalue weighted by molar-refractivity contribution is 6.05. The van der Waals surface area contributed by atoms with Crippen LogP contribution in [0.2, 0.25) is 0 Å². The molecule has 0 radical (unpaired) electrons. The zero-order valence-electron chi connectivity index (χ0n) is 13.7. The van der Waals surface area contributed by atoms with Gasteiger partial charge in [-0.2, -0.15) is 0 Å². The van der Waals surface area contributed by atoms with Crippen LogP contribution in [0.5, 0.6) is 11.6 Å². The number of hydrogen-bond donors (Lipinski definition) is 2. The number of methoxy groups -OCH3 is 1. The van der Waals surface area contributed by atoms with Crippen molar-refractivity contribution in [2.75, 3.05) is 30.9 Å². The second-order valence-corrected chi connectivity index (χ2v) is 5.70. The van der Waals surface area contributed by atoms with Gasteiger partial charge in [0.05, 0.1) is 18.3 Å². The number of nitrogens with zero attached hydrogens (tertiary/aromatic N) is 1. The predicted molar refractivity (Wildman–Crippen MR) is 96.7 cm³/mol. The van der Waals surface area contributed by atoms with Crippen LogP contribution in [0.25, 0.3) is 10.9 Å². The molecule has 3 aromatic rings. The number of anilines is 2. The summed E-state index contributed by atoms with van der Waals surface area (Å²) in [7, 11) is 1.58. The summed E-state index contributed by atoms with van der Waals surface area (Å²) < 4.78 is 10.7. The predicted octanol–water partition coefficient (Wildman–Crippen LogP) is 3.30. The SMILES string of the molecule is COc1ccc2ccc(NC(=O)c3ccc4c(c3)OCCN4)cc2n1. The lowest BCUT2D eigenvalue weighted by Gasteiger charge is -2.19. The fourth-order valence-corrected chi connectivity index (χ4v) is 2.77. The van der Waals surface area contributed by atoms with Crippen LogP contribution < -0.4 is 20.1 Å². The Kier molecular flexibility index (Phi) is 3.85. The third-order valence-electron chi connectivity index (χ3n) is 4.05.